The molecule has 0 N–H and O–H groups in total. The zero-order valence-electron chi connectivity index (χ0n) is 12.9. The van der Waals surface area contributed by atoms with E-state index in [9.17, 15) is 0 Å². The molecule has 0 aliphatic rings. The van der Waals surface area contributed by atoms with Crippen molar-refractivity contribution in [1.29, 1.82) is 0 Å². The Morgan fingerprint density at radius 2 is 1.00 bits per heavy atom. The minimum atomic E-state index is 0.640. The Bertz CT molecular complexity index is 134. The van der Waals surface area contributed by atoms with E-state index < -0.39 is 0 Å². The second-order valence-electron chi connectivity index (χ2n) is 5.17. The smallest absolute Gasteiger partial charge is 0.0533 e. The standard InChI is InChI=1S/C16H33.CHO.Rh/c1-3-5-7-9-11-13-15-16-14-12-10-8-6-4-2;1-2;/h1,3-16H2,2H3;1H;. The van der Waals surface area contributed by atoms with Gasteiger partial charge in [0.25, 0.3) is 0 Å². The summed E-state index contributed by atoms with van der Waals surface area (Å²) in [5, 5.41) is 0. The van der Waals surface area contributed by atoms with Crippen molar-refractivity contribution in [1.82, 2.24) is 0 Å². The topological polar surface area (TPSA) is 17.1 Å². The summed E-state index contributed by atoms with van der Waals surface area (Å²) in [6.45, 7) is 6.16. The van der Waals surface area contributed by atoms with Gasteiger partial charge in [-0.2, -0.15) is 0 Å². The number of carbonyl (C=O) groups is 1. The molecule has 0 bridgehead atoms. The Morgan fingerprint density at radius 3 is 1.26 bits per heavy atom. The van der Waals surface area contributed by atoms with Gasteiger partial charge in [0.2, 0.25) is 0 Å². The van der Waals surface area contributed by atoms with Gasteiger partial charge in [-0.3, -0.25) is 0 Å². The maximum atomic E-state index is 8.76. The van der Waals surface area contributed by atoms with Crippen LogP contribution in [0, 0.1) is 6.92 Å². The number of hydrogen-bond acceptors (Lipinski definition) is 1. The molecule has 2 heteroatoms. The molecule has 0 aromatic heterocycles. The fraction of sp³-hybridized carbons (Fsp3) is 0.882. The van der Waals surface area contributed by atoms with Crippen LogP contribution < -0.4 is 0 Å². The van der Waals surface area contributed by atoms with Crippen LogP contribution in [0.25, 0.3) is 0 Å². The fourth-order valence-electron chi connectivity index (χ4n) is 2.19. The van der Waals surface area contributed by atoms with E-state index in [4.69, 9.17) is 4.79 Å². The minimum Gasteiger partial charge on any atom is -0.0654 e. The van der Waals surface area contributed by atoms with Crippen molar-refractivity contribution in [3.05, 3.63) is 6.92 Å². The Balaban J connectivity index is 0. The predicted molar refractivity (Wildman–Crippen MR) is 82.4 cm³/mol. The van der Waals surface area contributed by atoms with Gasteiger partial charge in [-0.1, -0.05) is 104 Å². The molecule has 0 fully saturated rings. The quantitative estimate of drug-likeness (QED) is 0.224. The zero-order chi connectivity index (χ0) is 14.6. The van der Waals surface area contributed by atoms with Gasteiger partial charge in [0.1, 0.15) is 0 Å². The van der Waals surface area contributed by atoms with Crippen molar-refractivity contribution >= 4 is 4.88 Å². The second kappa shape index (κ2) is 23.4. The van der Waals surface area contributed by atoms with Crippen LogP contribution in [0.4, 0.5) is 0 Å². The van der Waals surface area contributed by atoms with Crippen LogP contribution in [0.5, 0.6) is 0 Å². The number of carbonyl (C=O) groups excluding carboxylic acids is 1. The van der Waals surface area contributed by atoms with Crippen LogP contribution in [-0.2, 0) is 23.1 Å². The third-order valence-corrected chi connectivity index (χ3v) is 3.35. The largest absolute Gasteiger partial charge is 0.0654 e. The minimum absolute atomic E-state index is 0.640. The molecule has 19 heavy (non-hydrogen) atoms. The summed E-state index contributed by atoms with van der Waals surface area (Å²) in [6.07, 6.45) is 19.8. The molecule has 0 atom stereocenters. The molecule has 117 valence electrons. The van der Waals surface area contributed by atoms with Crippen molar-refractivity contribution in [2.75, 3.05) is 0 Å². The first-order chi connectivity index (χ1) is 9.33. The van der Waals surface area contributed by atoms with E-state index in [1.165, 1.54) is 83.5 Å². The molecule has 0 aliphatic carbocycles. The van der Waals surface area contributed by atoms with Gasteiger partial charge in [-0.25, -0.2) is 0 Å². The van der Waals surface area contributed by atoms with E-state index in [-0.39, 0.29) is 0 Å². The molecule has 0 aliphatic heterocycles. The van der Waals surface area contributed by atoms with Crippen LogP contribution in [0.15, 0.2) is 0 Å². The van der Waals surface area contributed by atoms with Crippen molar-refractivity contribution < 1.29 is 23.1 Å². The van der Waals surface area contributed by atoms with Crippen LogP contribution in [0.1, 0.15) is 96.8 Å². The molecule has 0 heterocycles. The van der Waals surface area contributed by atoms with E-state index in [0.29, 0.717) is 4.88 Å². The van der Waals surface area contributed by atoms with Crippen LogP contribution in [0.3, 0.4) is 0 Å². The first-order valence-electron chi connectivity index (χ1n) is 8.14. The van der Waals surface area contributed by atoms with Crippen LogP contribution in [-0.4, -0.2) is 4.88 Å². The summed E-state index contributed by atoms with van der Waals surface area (Å²) in [4.78, 5) is 9.40. The average Bonchev–Trinajstić information content (AvgIpc) is 2.41. The SMILES string of the molecule is O=[CH][Rh].[CH2]CCCCCCCCCCCCCCC. The van der Waals surface area contributed by atoms with Gasteiger partial charge < -0.3 is 0 Å². The summed E-state index contributed by atoms with van der Waals surface area (Å²) >= 11 is 2.04. The summed E-state index contributed by atoms with van der Waals surface area (Å²) in [5.74, 6) is 0. The summed E-state index contributed by atoms with van der Waals surface area (Å²) < 4.78 is 0. The van der Waals surface area contributed by atoms with Crippen molar-refractivity contribution in [2.24, 2.45) is 0 Å². The van der Waals surface area contributed by atoms with Gasteiger partial charge in [0.15, 0.2) is 0 Å². The summed E-state index contributed by atoms with van der Waals surface area (Å²) in [7, 11) is 0. The summed E-state index contributed by atoms with van der Waals surface area (Å²) in [5.41, 5.74) is 0. The van der Waals surface area contributed by atoms with Crippen molar-refractivity contribution in [2.45, 2.75) is 96.8 Å². The van der Waals surface area contributed by atoms with Crippen LogP contribution >= 0.6 is 0 Å². The molecule has 1 nitrogen and oxygen atoms in total. The molecule has 0 unspecified atom stereocenters. The molecular formula is C17H34ORh. The fourth-order valence-corrected chi connectivity index (χ4v) is 2.19. The molecule has 0 aromatic rings. The Hall–Kier alpha value is 0.293. The Kier molecular flexibility index (Phi) is 26.6. The summed E-state index contributed by atoms with van der Waals surface area (Å²) in [6, 6.07) is 0. The third kappa shape index (κ3) is 27.5. The van der Waals surface area contributed by atoms with E-state index >= 15 is 0 Å². The van der Waals surface area contributed by atoms with Crippen molar-refractivity contribution in [3.8, 4) is 0 Å². The Morgan fingerprint density at radius 1 is 0.737 bits per heavy atom. The molecule has 0 rings (SSSR count). The van der Waals surface area contributed by atoms with Crippen LogP contribution in [0.2, 0.25) is 0 Å². The maximum Gasteiger partial charge on any atom is -0.0533 e. The zero-order valence-corrected chi connectivity index (χ0v) is 14.6. The molecule has 0 saturated heterocycles. The normalized spacial score (nSPS) is 9.89. The van der Waals surface area contributed by atoms with Gasteiger partial charge in [0, 0.05) is 0 Å². The van der Waals surface area contributed by atoms with Crippen molar-refractivity contribution in [3.63, 3.8) is 0 Å². The molecule has 0 spiro atoms. The number of unbranched alkanes of at least 4 members (excludes halogenated alkanes) is 13. The van der Waals surface area contributed by atoms with Gasteiger partial charge in [-0.05, 0) is 0 Å². The van der Waals surface area contributed by atoms with E-state index in [0.717, 1.165) is 6.42 Å². The number of rotatable bonds is 13. The Labute approximate surface area is 132 Å². The first-order valence-corrected chi connectivity index (χ1v) is 9.08. The molecule has 1 radical (unpaired) electrons. The van der Waals surface area contributed by atoms with Gasteiger partial charge >= 0.3 is 28.0 Å². The second-order valence-corrected chi connectivity index (χ2v) is 5.56. The average molecular weight is 357 g/mol. The molecule has 0 amide bonds. The monoisotopic (exact) mass is 357 g/mol. The molecule has 0 saturated carbocycles. The number of hydrogen-bond donors (Lipinski definition) is 0. The maximum absolute atomic E-state index is 8.76. The van der Waals surface area contributed by atoms with E-state index in [1.807, 2.05) is 18.3 Å². The van der Waals surface area contributed by atoms with E-state index in [1.54, 1.807) is 0 Å². The molecule has 0 aromatic carbocycles. The first kappa shape index (κ1) is 21.6. The van der Waals surface area contributed by atoms with E-state index in [2.05, 4.69) is 13.8 Å². The molecular weight excluding hydrogens is 323 g/mol. The third-order valence-electron chi connectivity index (χ3n) is 3.35. The van der Waals surface area contributed by atoms with Gasteiger partial charge in [0.05, 0.1) is 0 Å². The van der Waals surface area contributed by atoms with Gasteiger partial charge in [-0.15, -0.1) is 0 Å². The predicted octanol–water partition coefficient (Wildman–Crippen LogP) is 6.03.